The summed E-state index contributed by atoms with van der Waals surface area (Å²) in [7, 11) is 0. The topological polar surface area (TPSA) is 9.23 Å². The molecule has 0 atom stereocenters. The van der Waals surface area contributed by atoms with E-state index in [9.17, 15) is 0 Å². The summed E-state index contributed by atoms with van der Waals surface area (Å²) in [5.41, 5.74) is 49.6. The lowest BCUT2D eigenvalue weighted by Crippen LogP contribution is -2.37. The molecule has 0 spiro atoms. The van der Waals surface area contributed by atoms with Crippen LogP contribution in [0.4, 0.5) is 0 Å². The SMILES string of the molecule is CC(C)C1(C(C)C)c2ccccc2-c2c1ccc1c2CCCC1.CC(C)C1(C(C)C)c2ccccc2-c2c1ccc1ccccc21.CC(C)C1(C(C)C)c2ccccc2-c2cc3c(cc21)CCC3.CC(C)C1(C(C)C)c2ccccc2-c2cc3c(cc21)CCCC3.CC(C)C1(C(C)C)c2ccccc2-c2cc3c(cc21)COC3.CC(C)C1(C(C)C)c2ccccc2-c2cc3ccccc3cc21. The summed E-state index contributed by atoms with van der Waals surface area (Å²) in [6.45, 7) is 58.9. The summed E-state index contributed by atoms with van der Waals surface area (Å²) in [6.07, 6.45) is 14.3. The van der Waals surface area contributed by atoms with Gasteiger partial charge in [0.1, 0.15) is 0 Å². The van der Waals surface area contributed by atoms with Crippen LogP contribution in [0.1, 0.15) is 310 Å². The van der Waals surface area contributed by atoms with Gasteiger partial charge in [-0.2, -0.15) is 0 Å². The molecule has 136 heavy (non-hydrogen) atoms. The molecular weight excluding hydrogens is 1640 g/mol. The van der Waals surface area contributed by atoms with Gasteiger partial charge >= 0.3 is 0 Å². The first-order valence-corrected chi connectivity index (χ1v) is 53.3. The minimum absolute atomic E-state index is 0.107. The molecule has 1 nitrogen and oxygen atoms in total. The second-order valence-electron chi connectivity index (χ2n) is 46.2. The van der Waals surface area contributed by atoms with E-state index in [1.807, 2.05) is 0 Å². The number of rotatable bonds is 12. The number of benzene rings is 14. The number of hydrogen-bond acceptors (Lipinski definition) is 1. The molecule has 14 aromatic rings. The quantitative estimate of drug-likeness (QED) is 0.118. The number of hydrogen-bond donors (Lipinski definition) is 0. The van der Waals surface area contributed by atoms with Gasteiger partial charge < -0.3 is 4.74 Å². The zero-order chi connectivity index (χ0) is 95.7. The Morgan fingerprint density at radius 3 is 0.831 bits per heavy atom. The van der Waals surface area contributed by atoms with Crippen LogP contribution in [0.3, 0.4) is 0 Å². The lowest BCUT2D eigenvalue weighted by atomic mass is 9.62. The van der Waals surface area contributed by atoms with Gasteiger partial charge in [-0.05, 0) is 359 Å². The second-order valence-corrected chi connectivity index (χ2v) is 46.2. The Hall–Kier alpha value is -10.4. The van der Waals surface area contributed by atoms with Crippen molar-refractivity contribution in [3.63, 3.8) is 0 Å². The highest BCUT2D eigenvalue weighted by Crippen LogP contribution is 2.65. The maximum absolute atomic E-state index is 5.67. The molecule has 0 unspecified atom stereocenters. The molecule has 0 bridgehead atoms. The zero-order valence-electron chi connectivity index (χ0n) is 86.9. The van der Waals surface area contributed by atoms with Crippen molar-refractivity contribution >= 4 is 21.5 Å². The van der Waals surface area contributed by atoms with Crippen molar-refractivity contribution in [2.75, 3.05) is 0 Å². The van der Waals surface area contributed by atoms with E-state index in [0.717, 1.165) is 13.2 Å². The van der Waals surface area contributed by atoms with E-state index < -0.39 is 0 Å². The third kappa shape index (κ3) is 14.2. The second kappa shape index (κ2) is 36.7. The molecule has 0 saturated carbocycles. The van der Waals surface area contributed by atoms with Gasteiger partial charge in [-0.1, -0.05) is 415 Å². The van der Waals surface area contributed by atoms with Gasteiger partial charge in [0.2, 0.25) is 0 Å². The van der Waals surface area contributed by atoms with Crippen molar-refractivity contribution in [2.24, 2.45) is 71.0 Å². The van der Waals surface area contributed by atoms with Crippen molar-refractivity contribution in [1.29, 1.82) is 0 Å². The third-order valence-electron chi connectivity index (χ3n) is 36.5. The van der Waals surface area contributed by atoms with Gasteiger partial charge in [0, 0.05) is 32.5 Å². The van der Waals surface area contributed by atoms with Crippen LogP contribution in [0.2, 0.25) is 0 Å². The molecule has 1 heterocycles. The summed E-state index contributed by atoms with van der Waals surface area (Å²) >= 11 is 0. The Labute approximate surface area is 819 Å². The maximum atomic E-state index is 5.67. The van der Waals surface area contributed by atoms with Gasteiger partial charge in [0.05, 0.1) is 13.2 Å². The van der Waals surface area contributed by atoms with Gasteiger partial charge in [-0.25, -0.2) is 0 Å². The number of aryl methyl sites for hydroxylation is 5. The first-order chi connectivity index (χ1) is 65.4. The van der Waals surface area contributed by atoms with E-state index in [-0.39, 0.29) is 32.5 Å². The minimum atomic E-state index is 0.107. The number of ether oxygens (including phenoxy) is 1. The van der Waals surface area contributed by atoms with E-state index >= 15 is 0 Å². The Morgan fingerprint density at radius 2 is 0.434 bits per heavy atom. The summed E-state index contributed by atoms with van der Waals surface area (Å²) in [5, 5.41) is 5.42. The van der Waals surface area contributed by atoms with Crippen LogP contribution in [-0.4, -0.2) is 0 Å². The molecule has 24 rings (SSSR count). The van der Waals surface area contributed by atoms with Crippen molar-refractivity contribution in [2.45, 2.75) is 283 Å². The molecule has 0 amide bonds. The molecule has 700 valence electrons. The minimum Gasteiger partial charge on any atom is -0.372 e. The normalized spacial score (nSPS) is 17.0. The zero-order valence-corrected chi connectivity index (χ0v) is 86.9. The molecule has 0 radical (unpaired) electrons. The first kappa shape index (κ1) is 94.5. The average molecular weight is 1790 g/mol. The van der Waals surface area contributed by atoms with E-state index in [1.165, 1.54) is 198 Å². The molecule has 1 aliphatic heterocycles. The standard InChI is InChI=1S/C23H28.C23H24.C23H28.C23H24.C22H26.C21H24O/c2*1-15(2)23(16(3)4)21-12-8-7-11-19(21)20-13-17-9-5-6-10-18(17)14-22(20)23;2*1-15(2)23(16(3)4)20-12-8-7-11-19(20)22-18-10-6-5-9-17(18)13-14-21(22)23;1-14(2)22(15(3)4)20-11-6-5-10-18(20)19-12-16-8-7-9-17(16)13-21(19)22;1-13(2)21(14(3)4)19-8-6-5-7-17(19)18-9-15-11-22-12-16(15)10-20(18)21/h7-8,11-16H,5-6,9-10H2,1-4H3;5-16H,1-4H3;7-8,11-16H,5-6,9-10H2,1-4H3;5-16H,1-4H3;5-6,10-15H,7-9H2,1-4H3;5-10,13-14H,11-12H2,1-4H3. The summed E-state index contributed by atoms with van der Waals surface area (Å²) in [5.74, 6) is 7.00. The average Bonchev–Trinajstić information content (AvgIpc) is 1.56. The number of fused-ring (bicyclic) bond motifs is 26. The van der Waals surface area contributed by atoms with Gasteiger partial charge in [0.15, 0.2) is 0 Å². The fourth-order valence-electron chi connectivity index (χ4n) is 31.3. The van der Waals surface area contributed by atoms with Gasteiger partial charge in [-0.15, -0.1) is 0 Å². The van der Waals surface area contributed by atoms with E-state index in [4.69, 9.17) is 4.74 Å². The van der Waals surface area contributed by atoms with Crippen LogP contribution < -0.4 is 0 Å². The van der Waals surface area contributed by atoms with Crippen LogP contribution in [0.15, 0.2) is 267 Å². The largest absolute Gasteiger partial charge is 0.372 e. The smallest absolute Gasteiger partial charge is 0.0725 e. The van der Waals surface area contributed by atoms with Crippen molar-refractivity contribution in [1.82, 2.24) is 0 Å². The fraction of sp³-hybridized carbons (Fsp3) is 0.407. The summed E-state index contributed by atoms with van der Waals surface area (Å²) < 4.78 is 5.67. The third-order valence-corrected chi connectivity index (χ3v) is 36.5. The highest BCUT2D eigenvalue weighted by molar-refractivity contribution is 6.03. The first-order valence-electron chi connectivity index (χ1n) is 53.3. The van der Waals surface area contributed by atoms with E-state index in [2.05, 4.69) is 433 Å². The van der Waals surface area contributed by atoms with Gasteiger partial charge in [-0.3, -0.25) is 0 Å². The monoisotopic (exact) mass is 1790 g/mol. The van der Waals surface area contributed by atoms with Crippen LogP contribution >= 0.6 is 0 Å². The fourth-order valence-corrected chi connectivity index (χ4v) is 31.3. The highest BCUT2D eigenvalue weighted by Gasteiger charge is 2.55. The Morgan fingerprint density at radius 1 is 0.176 bits per heavy atom. The van der Waals surface area contributed by atoms with Gasteiger partial charge in [0.25, 0.3) is 0 Å². The Bertz CT molecular complexity index is 6640. The highest BCUT2D eigenvalue weighted by atomic mass is 16.5. The summed E-state index contributed by atoms with van der Waals surface area (Å²) in [4.78, 5) is 0. The predicted molar refractivity (Wildman–Crippen MR) is 583 cm³/mol. The molecule has 0 N–H and O–H groups in total. The van der Waals surface area contributed by atoms with Crippen LogP contribution in [0, 0.1) is 71.0 Å². The van der Waals surface area contributed by atoms with E-state index in [1.54, 1.807) is 72.3 Å². The lowest BCUT2D eigenvalue weighted by molar-refractivity contribution is 0.134. The molecule has 14 aromatic carbocycles. The van der Waals surface area contributed by atoms with Crippen LogP contribution in [0.25, 0.3) is 88.3 Å². The lowest BCUT2D eigenvalue weighted by Gasteiger charge is -2.40. The molecule has 10 aliphatic rings. The molecule has 0 saturated heterocycles. The molecule has 1 heteroatoms. The van der Waals surface area contributed by atoms with Crippen molar-refractivity contribution in [3.05, 3.63) is 378 Å². The molecule has 0 aromatic heterocycles. The Balaban J connectivity index is 0.000000105. The van der Waals surface area contributed by atoms with Crippen molar-refractivity contribution in [3.8, 4) is 66.8 Å². The van der Waals surface area contributed by atoms with E-state index in [0.29, 0.717) is 71.0 Å². The molecule has 9 aliphatic carbocycles. The maximum Gasteiger partial charge on any atom is 0.0725 e. The summed E-state index contributed by atoms with van der Waals surface area (Å²) in [6, 6.07) is 102. The van der Waals surface area contributed by atoms with Crippen LogP contribution in [0.5, 0.6) is 0 Å². The predicted octanol–water partition coefficient (Wildman–Crippen LogP) is 36.2. The van der Waals surface area contributed by atoms with Crippen molar-refractivity contribution < 1.29 is 4.74 Å². The Kier molecular flexibility index (Phi) is 25.5. The molecular formula is C135H154O. The molecule has 0 fully saturated rings. The van der Waals surface area contributed by atoms with Crippen LogP contribution in [-0.2, 0) is 89.0 Å².